The minimum absolute atomic E-state index is 0.0980. The normalized spacial score (nSPS) is 17.8. The van der Waals surface area contributed by atoms with E-state index in [0.29, 0.717) is 25.3 Å². The molecular weight excluding hydrogens is 324 g/mol. The van der Waals surface area contributed by atoms with Gasteiger partial charge in [-0.05, 0) is 31.0 Å². The summed E-state index contributed by atoms with van der Waals surface area (Å²) < 4.78 is 6.13. The van der Waals surface area contributed by atoms with E-state index in [1.54, 1.807) is 18.2 Å². The van der Waals surface area contributed by atoms with E-state index in [9.17, 15) is 9.59 Å². The third-order valence-electron chi connectivity index (χ3n) is 3.02. The number of benzene rings is 1. The highest BCUT2D eigenvalue weighted by Crippen LogP contribution is 2.12. The van der Waals surface area contributed by atoms with Crippen LogP contribution in [0.25, 0.3) is 0 Å². The van der Waals surface area contributed by atoms with Crippen molar-refractivity contribution in [1.82, 2.24) is 10.6 Å². The van der Waals surface area contributed by atoms with Crippen LogP contribution in [0.1, 0.15) is 23.2 Å². The molecule has 0 aromatic heterocycles. The van der Waals surface area contributed by atoms with Crippen LogP contribution in [-0.2, 0) is 9.53 Å². The summed E-state index contributed by atoms with van der Waals surface area (Å²) in [7, 11) is 0. The highest BCUT2D eigenvalue weighted by molar-refractivity contribution is 9.10. The quantitative estimate of drug-likeness (QED) is 0.797. The number of hydrogen-bond donors (Lipinski definition) is 2. The molecule has 1 aromatic rings. The van der Waals surface area contributed by atoms with Gasteiger partial charge >= 0.3 is 0 Å². The Balaban J connectivity index is 1.68. The summed E-state index contributed by atoms with van der Waals surface area (Å²) in [6.07, 6.45) is 1.38. The molecule has 2 N–H and O–H groups in total. The van der Waals surface area contributed by atoms with Crippen LogP contribution in [0, 0.1) is 0 Å². The molecule has 1 aliphatic rings. The fraction of sp³-hybridized carbons (Fsp3) is 0.429. The molecule has 0 radical (unpaired) electrons. The van der Waals surface area contributed by atoms with Crippen LogP contribution in [0.4, 0.5) is 0 Å². The molecule has 1 unspecified atom stereocenters. The molecule has 1 atom stereocenters. The average Bonchev–Trinajstić information content (AvgIpc) is 2.97. The number of ether oxygens (including phenoxy) is 1. The smallest absolute Gasteiger partial charge is 0.251 e. The van der Waals surface area contributed by atoms with Crippen molar-refractivity contribution in [3.05, 3.63) is 34.3 Å². The molecule has 2 amide bonds. The number of carbonyl (C=O) groups is 2. The highest BCUT2D eigenvalue weighted by atomic mass is 79.9. The maximum atomic E-state index is 11.8. The van der Waals surface area contributed by atoms with Gasteiger partial charge in [-0.25, -0.2) is 0 Å². The maximum absolute atomic E-state index is 11.8. The Morgan fingerprint density at radius 2 is 2.10 bits per heavy atom. The summed E-state index contributed by atoms with van der Waals surface area (Å²) in [6, 6.07) is 7.15. The second-order valence-corrected chi connectivity index (χ2v) is 5.47. The van der Waals surface area contributed by atoms with Crippen molar-refractivity contribution >= 4 is 27.7 Å². The number of hydrogen-bond acceptors (Lipinski definition) is 3. The molecule has 6 heteroatoms. The van der Waals surface area contributed by atoms with Crippen molar-refractivity contribution in [3.63, 3.8) is 0 Å². The zero-order valence-electron chi connectivity index (χ0n) is 11.0. The first kappa shape index (κ1) is 15.0. The molecule has 5 nitrogen and oxygen atoms in total. The zero-order valence-corrected chi connectivity index (χ0v) is 12.6. The Kier molecular flexibility index (Phi) is 5.55. The van der Waals surface area contributed by atoms with Gasteiger partial charge in [0.2, 0.25) is 5.91 Å². The van der Waals surface area contributed by atoms with Gasteiger partial charge in [-0.2, -0.15) is 0 Å². The van der Waals surface area contributed by atoms with Crippen LogP contribution in [0.3, 0.4) is 0 Å². The third kappa shape index (κ3) is 4.31. The first-order valence-electron chi connectivity index (χ1n) is 6.60. The summed E-state index contributed by atoms with van der Waals surface area (Å²) in [6.45, 7) is 1.44. The maximum Gasteiger partial charge on any atom is 0.251 e. The lowest BCUT2D eigenvalue weighted by Gasteiger charge is -2.11. The van der Waals surface area contributed by atoms with Gasteiger partial charge in [0.15, 0.2) is 0 Å². The molecule has 1 heterocycles. The lowest BCUT2D eigenvalue weighted by atomic mass is 10.2. The first-order valence-corrected chi connectivity index (χ1v) is 7.39. The lowest BCUT2D eigenvalue weighted by molar-refractivity contribution is -0.129. The lowest BCUT2D eigenvalue weighted by Crippen LogP contribution is -2.39. The monoisotopic (exact) mass is 340 g/mol. The molecule has 20 heavy (non-hydrogen) atoms. The molecule has 2 rings (SSSR count). The minimum atomic E-state index is -0.323. The number of rotatable bonds is 5. The second kappa shape index (κ2) is 7.40. The van der Waals surface area contributed by atoms with Crippen LogP contribution >= 0.6 is 15.9 Å². The Morgan fingerprint density at radius 1 is 1.30 bits per heavy atom. The van der Waals surface area contributed by atoms with E-state index in [1.165, 1.54) is 0 Å². The standard InChI is InChI=1S/C14H17BrN2O3/c15-11-4-1-3-10(9-11)13(18)16-6-7-17-14(19)12-5-2-8-20-12/h1,3-4,9,12H,2,5-8H2,(H,16,18)(H,17,19). The molecule has 1 saturated heterocycles. The van der Waals surface area contributed by atoms with E-state index in [2.05, 4.69) is 26.6 Å². The average molecular weight is 341 g/mol. The van der Waals surface area contributed by atoms with Gasteiger partial charge in [0.25, 0.3) is 5.91 Å². The van der Waals surface area contributed by atoms with Gasteiger partial charge in [0.1, 0.15) is 6.10 Å². The SMILES string of the molecule is O=C(NCCNC(=O)C1CCCO1)c1cccc(Br)c1. The minimum Gasteiger partial charge on any atom is -0.368 e. The number of nitrogens with one attached hydrogen (secondary N) is 2. The number of halogens is 1. The van der Waals surface area contributed by atoms with Gasteiger partial charge in [0, 0.05) is 29.7 Å². The zero-order chi connectivity index (χ0) is 14.4. The topological polar surface area (TPSA) is 67.4 Å². The van der Waals surface area contributed by atoms with Crippen molar-refractivity contribution in [1.29, 1.82) is 0 Å². The largest absolute Gasteiger partial charge is 0.368 e. The predicted molar refractivity (Wildman–Crippen MR) is 78.5 cm³/mol. The summed E-state index contributed by atoms with van der Waals surface area (Å²) in [5.41, 5.74) is 0.588. The van der Waals surface area contributed by atoms with E-state index in [1.807, 2.05) is 6.07 Å². The van der Waals surface area contributed by atoms with Crippen LogP contribution in [0.5, 0.6) is 0 Å². The van der Waals surface area contributed by atoms with Crippen molar-refractivity contribution in [2.45, 2.75) is 18.9 Å². The summed E-state index contributed by atoms with van der Waals surface area (Å²) in [5.74, 6) is -0.253. The third-order valence-corrected chi connectivity index (χ3v) is 3.51. The Labute approximate surface area is 126 Å². The summed E-state index contributed by atoms with van der Waals surface area (Å²) in [5, 5.41) is 5.51. The molecule has 1 aromatic carbocycles. The Morgan fingerprint density at radius 3 is 2.80 bits per heavy atom. The van der Waals surface area contributed by atoms with Crippen molar-refractivity contribution in [3.8, 4) is 0 Å². The number of amides is 2. The van der Waals surface area contributed by atoms with Gasteiger partial charge in [-0.3, -0.25) is 9.59 Å². The number of carbonyl (C=O) groups excluding carboxylic acids is 2. The van der Waals surface area contributed by atoms with Gasteiger partial charge in [-0.15, -0.1) is 0 Å². The van der Waals surface area contributed by atoms with Crippen molar-refractivity contribution in [2.75, 3.05) is 19.7 Å². The van der Waals surface area contributed by atoms with Crippen LogP contribution in [-0.4, -0.2) is 37.6 Å². The van der Waals surface area contributed by atoms with Crippen molar-refractivity contribution < 1.29 is 14.3 Å². The van der Waals surface area contributed by atoms with E-state index in [-0.39, 0.29) is 17.9 Å². The summed E-state index contributed by atoms with van der Waals surface area (Å²) in [4.78, 5) is 23.5. The fourth-order valence-electron chi connectivity index (χ4n) is 1.99. The van der Waals surface area contributed by atoms with Crippen LogP contribution in [0.15, 0.2) is 28.7 Å². The highest BCUT2D eigenvalue weighted by Gasteiger charge is 2.22. The van der Waals surface area contributed by atoms with E-state index < -0.39 is 0 Å². The molecule has 108 valence electrons. The molecule has 0 saturated carbocycles. The molecule has 0 spiro atoms. The van der Waals surface area contributed by atoms with Gasteiger partial charge in [0.05, 0.1) is 0 Å². The van der Waals surface area contributed by atoms with Crippen LogP contribution in [0.2, 0.25) is 0 Å². The molecule has 0 bridgehead atoms. The fourth-order valence-corrected chi connectivity index (χ4v) is 2.39. The Bertz CT molecular complexity index is 487. The van der Waals surface area contributed by atoms with E-state index in [4.69, 9.17) is 4.74 Å². The van der Waals surface area contributed by atoms with E-state index >= 15 is 0 Å². The summed E-state index contributed by atoms with van der Waals surface area (Å²) >= 11 is 3.32. The van der Waals surface area contributed by atoms with Gasteiger partial charge in [-0.1, -0.05) is 22.0 Å². The molecule has 1 aliphatic heterocycles. The first-order chi connectivity index (χ1) is 9.66. The van der Waals surface area contributed by atoms with Crippen LogP contribution < -0.4 is 10.6 Å². The predicted octanol–water partition coefficient (Wildman–Crippen LogP) is 1.47. The van der Waals surface area contributed by atoms with E-state index in [0.717, 1.165) is 17.3 Å². The Hall–Kier alpha value is -1.40. The second-order valence-electron chi connectivity index (χ2n) is 4.56. The van der Waals surface area contributed by atoms with Gasteiger partial charge < -0.3 is 15.4 Å². The van der Waals surface area contributed by atoms with Crippen molar-refractivity contribution in [2.24, 2.45) is 0 Å². The molecular formula is C14H17BrN2O3. The molecule has 0 aliphatic carbocycles. The molecule has 1 fully saturated rings.